The molecule has 0 saturated carbocycles. The van der Waals surface area contributed by atoms with Crippen LogP contribution in [0.4, 0.5) is 5.69 Å². The summed E-state index contributed by atoms with van der Waals surface area (Å²) in [5.41, 5.74) is 2.53. The number of rotatable bonds is 1. The number of anilines is 1. The summed E-state index contributed by atoms with van der Waals surface area (Å²) in [6.07, 6.45) is 4.07. The van der Waals surface area contributed by atoms with Gasteiger partial charge < -0.3 is 14.1 Å². The van der Waals surface area contributed by atoms with E-state index in [4.69, 9.17) is 9.15 Å². The maximum absolute atomic E-state index is 5.54. The second-order valence-electron chi connectivity index (χ2n) is 5.10. The molecule has 3 heterocycles. The normalized spacial score (nSPS) is 22.2. The van der Waals surface area contributed by atoms with E-state index < -0.39 is 0 Å². The molecule has 4 rings (SSSR count). The quantitative estimate of drug-likeness (QED) is 0.704. The first-order chi connectivity index (χ1) is 8.35. The Bertz CT molecular complexity index is 546. The van der Waals surface area contributed by atoms with E-state index in [2.05, 4.69) is 23.1 Å². The minimum Gasteiger partial charge on any atom is -0.464 e. The van der Waals surface area contributed by atoms with E-state index in [0.29, 0.717) is 0 Å². The zero-order valence-electron chi connectivity index (χ0n) is 9.69. The zero-order chi connectivity index (χ0) is 11.3. The predicted octanol–water partition coefficient (Wildman–Crippen LogP) is 2.80. The van der Waals surface area contributed by atoms with Gasteiger partial charge in [-0.1, -0.05) is 0 Å². The van der Waals surface area contributed by atoms with Crippen LogP contribution in [-0.4, -0.2) is 25.3 Å². The van der Waals surface area contributed by atoms with Crippen LogP contribution in [0.25, 0.3) is 11.0 Å². The lowest BCUT2D eigenvalue weighted by Crippen LogP contribution is -2.37. The van der Waals surface area contributed by atoms with Crippen molar-refractivity contribution in [1.82, 2.24) is 0 Å². The van der Waals surface area contributed by atoms with Gasteiger partial charge in [-0.05, 0) is 37.1 Å². The molecule has 1 aromatic heterocycles. The van der Waals surface area contributed by atoms with Gasteiger partial charge in [-0.25, -0.2) is 0 Å². The lowest BCUT2D eigenvalue weighted by molar-refractivity contribution is 0.259. The van der Waals surface area contributed by atoms with E-state index in [1.165, 1.54) is 11.1 Å². The molecule has 2 fully saturated rings. The second kappa shape index (κ2) is 3.26. The number of nitrogens with zero attached hydrogens (tertiary/aromatic N) is 1. The van der Waals surface area contributed by atoms with E-state index in [0.717, 1.165) is 38.1 Å². The Morgan fingerprint density at radius 2 is 1.94 bits per heavy atom. The summed E-state index contributed by atoms with van der Waals surface area (Å²) in [5.74, 6) is 0. The summed E-state index contributed by atoms with van der Waals surface area (Å²) in [6, 6.07) is 8.44. The molecule has 0 bridgehead atoms. The van der Waals surface area contributed by atoms with Gasteiger partial charge in [0.25, 0.3) is 0 Å². The average Bonchev–Trinajstić information content (AvgIpc) is 2.95. The summed E-state index contributed by atoms with van der Waals surface area (Å²) >= 11 is 0. The predicted molar refractivity (Wildman–Crippen MR) is 66.3 cm³/mol. The first-order valence-corrected chi connectivity index (χ1v) is 6.21. The number of epoxide rings is 1. The number of piperidine rings is 1. The molecule has 3 heteroatoms. The first kappa shape index (κ1) is 9.54. The van der Waals surface area contributed by atoms with Gasteiger partial charge in [-0.15, -0.1) is 0 Å². The number of ether oxygens (including phenoxy) is 1. The molecule has 2 aromatic rings. The smallest absolute Gasteiger partial charge is 0.133 e. The van der Waals surface area contributed by atoms with Gasteiger partial charge in [-0.3, -0.25) is 0 Å². The Hall–Kier alpha value is -1.48. The minimum absolute atomic E-state index is 0.260. The Kier molecular flexibility index (Phi) is 1.83. The van der Waals surface area contributed by atoms with Crippen LogP contribution in [0.2, 0.25) is 0 Å². The van der Waals surface area contributed by atoms with Gasteiger partial charge >= 0.3 is 0 Å². The molecule has 1 aromatic carbocycles. The number of fused-ring (bicyclic) bond motifs is 1. The molecule has 2 saturated heterocycles. The monoisotopic (exact) mass is 229 g/mol. The molecule has 0 N–H and O–H groups in total. The summed E-state index contributed by atoms with van der Waals surface area (Å²) in [4.78, 5) is 2.44. The third-order valence-corrected chi connectivity index (χ3v) is 4.03. The van der Waals surface area contributed by atoms with E-state index >= 15 is 0 Å². The molecule has 0 radical (unpaired) electrons. The fraction of sp³-hybridized carbons (Fsp3) is 0.429. The first-order valence-electron chi connectivity index (χ1n) is 6.21. The van der Waals surface area contributed by atoms with Crippen molar-refractivity contribution in [3.8, 4) is 0 Å². The van der Waals surface area contributed by atoms with Gasteiger partial charge in [0.15, 0.2) is 0 Å². The SMILES string of the molecule is c1cc2cc(N3CCC4(CC3)CO4)ccc2o1. The highest BCUT2D eigenvalue weighted by atomic mass is 16.6. The molecular formula is C14H15NO2. The molecule has 3 nitrogen and oxygen atoms in total. The maximum Gasteiger partial charge on any atom is 0.133 e. The number of hydrogen-bond donors (Lipinski definition) is 0. The summed E-state index contributed by atoms with van der Waals surface area (Å²) < 4.78 is 10.9. The van der Waals surface area contributed by atoms with E-state index in [1.807, 2.05) is 6.07 Å². The van der Waals surface area contributed by atoms with Crippen molar-refractivity contribution >= 4 is 16.7 Å². The molecule has 0 atom stereocenters. The lowest BCUT2D eigenvalue weighted by atomic mass is 9.97. The summed E-state index contributed by atoms with van der Waals surface area (Å²) in [7, 11) is 0. The average molecular weight is 229 g/mol. The van der Waals surface area contributed by atoms with Crippen LogP contribution >= 0.6 is 0 Å². The molecule has 2 aliphatic rings. The van der Waals surface area contributed by atoms with E-state index in [-0.39, 0.29) is 5.60 Å². The standard InChI is InChI=1S/C14H15NO2/c1-2-13-11(3-8-16-13)9-12(1)15-6-4-14(5-7-15)10-17-14/h1-3,8-9H,4-7,10H2. The molecule has 17 heavy (non-hydrogen) atoms. The number of benzene rings is 1. The molecule has 0 unspecified atom stereocenters. The van der Waals surface area contributed by atoms with Crippen LogP contribution in [0.15, 0.2) is 34.9 Å². The van der Waals surface area contributed by atoms with Crippen molar-refractivity contribution in [1.29, 1.82) is 0 Å². The minimum atomic E-state index is 0.260. The van der Waals surface area contributed by atoms with Gasteiger partial charge in [0.1, 0.15) is 5.58 Å². The molecule has 88 valence electrons. The number of furan rings is 1. The fourth-order valence-electron chi connectivity index (χ4n) is 2.71. The molecule has 0 aliphatic carbocycles. The van der Waals surface area contributed by atoms with Crippen molar-refractivity contribution in [2.45, 2.75) is 18.4 Å². The van der Waals surface area contributed by atoms with Crippen LogP contribution in [0.5, 0.6) is 0 Å². The van der Waals surface area contributed by atoms with Gasteiger partial charge in [-0.2, -0.15) is 0 Å². The fourth-order valence-corrected chi connectivity index (χ4v) is 2.71. The Balaban J connectivity index is 1.61. The number of hydrogen-bond acceptors (Lipinski definition) is 3. The highest BCUT2D eigenvalue weighted by molar-refractivity contribution is 5.81. The second-order valence-corrected chi connectivity index (χ2v) is 5.10. The Labute approximate surface area is 100.0 Å². The van der Waals surface area contributed by atoms with Crippen molar-refractivity contribution in [2.24, 2.45) is 0 Å². The topological polar surface area (TPSA) is 28.9 Å². The van der Waals surface area contributed by atoms with Crippen LogP contribution in [0.3, 0.4) is 0 Å². The van der Waals surface area contributed by atoms with Gasteiger partial charge in [0.2, 0.25) is 0 Å². The molecule has 0 amide bonds. The Morgan fingerprint density at radius 3 is 2.71 bits per heavy atom. The lowest BCUT2D eigenvalue weighted by Gasteiger charge is -2.32. The highest BCUT2D eigenvalue weighted by Gasteiger charge is 2.46. The van der Waals surface area contributed by atoms with E-state index in [9.17, 15) is 0 Å². The molecular weight excluding hydrogens is 214 g/mol. The Morgan fingerprint density at radius 1 is 1.12 bits per heavy atom. The molecule has 1 spiro atoms. The van der Waals surface area contributed by atoms with Crippen molar-refractivity contribution in [3.63, 3.8) is 0 Å². The van der Waals surface area contributed by atoms with Crippen LogP contribution in [0, 0.1) is 0 Å². The third kappa shape index (κ3) is 1.53. The summed E-state index contributed by atoms with van der Waals surface area (Å²) in [6.45, 7) is 3.17. The highest BCUT2D eigenvalue weighted by Crippen LogP contribution is 2.39. The van der Waals surface area contributed by atoms with Gasteiger partial charge in [0, 0.05) is 24.2 Å². The van der Waals surface area contributed by atoms with Crippen LogP contribution < -0.4 is 4.90 Å². The van der Waals surface area contributed by atoms with Crippen LogP contribution in [-0.2, 0) is 4.74 Å². The third-order valence-electron chi connectivity index (χ3n) is 4.03. The van der Waals surface area contributed by atoms with Crippen LogP contribution in [0.1, 0.15) is 12.8 Å². The maximum atomic E-state index is 5.54. The van der Waals surface area contributed by atoms with Gasteiger partial charge in [0.05, 0.1) is 18.5 Å². The van der Waals surface area contributed by atoms with Crippen molar-refractivity contribution in [2.75, 3.05) is 24.6 Å². The largest absolute Gasteiger partial charge is 0.464 e. The summed E-state index contributed by atoms with van der Waals surface area (Å²) in [5, 5.41) is 1.19. The van der Waals surface area contributed by atoms with E-state index in [1.54, 1.807) is 6.26 Å². The zero-order valence-corrected chi connectivity index (χ0v) is 9.69. The molecule has 2 aliphatic heterocycles. The van der Waals surface area contributed by atoms with Crippen molar-refractivity contribution < 1.29 is 9.15 Å². The van der Waals surface area contributed by atoms with Crippen molar-refractivity contribution in [3.05, 3.63) is 30.5 Å².